The van der Waals surface area contributed by atoms with Crippen molar-refractivity contribution in [3.63, 3.8) is 0 Å². The first-order valence-electron chi connectivity index (χ1n) is 11.1. The van der Waals surface area contributed by atoms with Crippen LogP contribution in [0.4, 0.5) is 4.79 Å². The summed E-state index contributed by atoms with van der Waals surface area (Å²) in [7, 11) is 0. The van der Waals surface area contributed by atoms with Gasteiger partial charge in [-0.15, -0.1) is 0 Å². The highest BCUT2D eigenvalue weighted by Crippen LogP contribution is 2.23. The number of benzene rings is 1. The second-order valence-corrected chi connectivity index (χ2v) is 8.86. The van der Waals surface area contributed by atoms with Gasteiger partial charge in [-0.3, -0.25) is 9.59 Å². The maximum atomic E-state index is 13.3. The summed E-state index contributed by atoms with van der Waals surface area (Å²) in [6.45, 7) is 13.8. The second kappa shape index (κ2) is 12.3. The highest BCUT2D eigenvalue weighted by atomic mass is 16.6. The van der Waals surface area contributed by atoms with Crippen molar-refractivity contribution in [2.24, 2.45) is 0 Å². The topological polar surface area (TPSA) is 87.7 Å². The number of hydrogen-bond donors (Lipinski definition) is 2. The lowest BCUT2D eigenvalue weighted by Crippen LogP contribution is -2.52. The van der Waals surface area contributed by atoms with Gasteiger partial charge in [-0.05, 0) is 53.0 Å². The number of alkyl carbamates (subject to hydrolysis) is 1. The average molecular weight is 434 g/mol. The van der Waals surface area contributed by atoms with E-state index in [1.165, 1.54) is 0 Å². The standard InChI is InChI=1S/C24H39N3O4/c1-8-10-15-25-21(28)20(19-13-11-17(3)12-14-19)27(16-9-2)22(29)18(4)26-23(30)31-24(5,6)7/h11-14,18,20H,8-10,15-16H2,1-7H3,(H,25,28)(H,26,30). The van der Waals surface area contributed by atoms with Crippen LogP contribution < -0.4 is 10.6 Å². The molecule has 0 saturated heterocycles. The molecule has 0 spiro atoms. The van der Waals surface area contributed by atoms with Gasteiger partial charge in [-0.1, -0.05) is 50.1 Å². The fraction of sp³-hybridized carbons (Fsp3) is 0.625. The Bertz CT molecular complexity index is 725. The van der Waals surface area contributed by atoms with Gasteiger partial charge in [0.25, 0.3) is 0 Å². The molecule has 0 aliphatic heterocycles. The lowest BCUT2D eigenvalue weighted by Gasteiger charge is -2.33. The summed E-state index contributed by atoms with van der Waals surface area (Å²) in [4.78, 5) is 40.2. The fourth-order valence-electron chi connectivity index (χ4n) is 3.11. The number of nitrogens with one attached hydrogen (secondary N) is 2. The van der Waals surface area contributed by atoms with Gasteiger partial charge in [0, 0.05) is 13.1 Å². The Morgan fingerprint density at radius 1 is 1.06 bits per heavy atom. The van der Waals surface area contributed by atoms with E-state index in [0.29, 0.717) is 19.5 Å². The summed E-state index contributed by atoms with van der Waals surface area (Å²) in [5, 5.41) is 5.55. The van der Waals surface area contributed by atoms with E-state index < -0.39 is 23.8 Å². The Morgan fingerprint density at radius 3 is 2.19 bits per heavy atom. The third-order valence-corrected chi connectivity index (χ3v) is 4.63. The molecule has 7 nitrogen and oxygen atoms in total. The third kappa shape index (κ3) is 8.99. The fourth-order valence-corrected chi connectivity index (χ4v) is 3.11. The van der Waals surface area contributed by atoms with Crippen molar-refractivity contribution in [3.05, 3.63) is 35.4 Å². The Labute approximate surface area is 186 Å². The van der Waals surface area contributed by atoms with Crippen molar-refractivity contribution in [1.29, 1.82) is 0 Å². The summed E-state index contributed by atoms with van der Waals surface area (Å²) < 4.78 is 5.27. The van der Waals surface area contributed by atoms with Crippen molar-refractivity contribution < 1.29 is 19.1 Å². The minimum atomic E-state index is -0.835. The summed E-state index contributed by atoms with van der Waals surface area (Å²) in [6.07, 6.45) is 1.84. The zero-order valence-electron chi connectivity index (χ0n) is 20.1. The molecule has 174 valence electrons. The lowest BCUT2D eigenvalue weighted by atomic mass is 10.0. The summed E-state index contributed by atoms with van der Waals surface area (Å²) in [5.74, 6) is -0.549. The first kappa shape index (κ1) is 26.5. The molecule has 0 aliphatic carbocycles. The van der Waals surface area contributed by atoms with Crippen LogP contribution in [0.1, 0.15) is 78.0 Å². The van der Waals surface area contributed by atoms with E-state index in [1.54, 1.807) is 32.6 Å². The van der Waals surface area contributed by atoms with Crippen molar-refractivity contribution in [1.82, 2.24) is 15.5 Å². The van der Waals surface area contributed by atoms with Gasteiger partial charge < -0.3 is 20.3 Å². The highest BCUT2D eigenvalue weighted by Gasteiger charge is 2.34. The van der Waals surface area contributed by atoms with Crippen molar-refractivity contribution in [2.75, 3.05) is 13.1 Å². The van der Waals surface area contributed by atoms with Crippen LogP contribution in [0.15, 0.2) is 24.3 Å². The second-order valence-electron chi connectivity index (χ2n) is 8.86. The van der Waals surface area contributed by atoms with Crippen molar-refractivity contribution in [2.45, 2.75) is 85.4 Å². The maximum Gasteiger partial charge on any atom is 0.408 e. The number of rotatable bonds is 10. The number of unbranched alkanes of at least 4 members (excludes halogenated alkanes) is 1. The van der Waals surface area contributed by atoms with E-state index in [0.717, 1.165) is 24.0 Å². The first-order chi connectivity index (χ1) is 14.5. The average Bonchev–Trinajstić information content (AvgIpc) is 2.67. The molecule has 1 aromatic rings. The molecule has 31 heavy (non-hydrogen) atoms. The minimum absolute atomic E-state index is 0.219. The first-order valence-corrected chi connectivity index (χ1v) is 11.1. The highest BCUT2D eigenvalue weighted by molar-refractivity contribution is 5.91. The van der Waals surface area contributed by atoms with Gasteiger partial charge in [0.05, 0.1) is 0 Å². The Balaban J connectivity index is 3.15. The molecule has 0 saturated carbocycles. The van der Waals surface area contributed by atoms with Gasteiger partial charge in [-0.2, -0.15) is 0 Å². The molecule has 3 amide bonds. The summed E-state index contributed by atoms with van der Waals surface area (Å²) >= 11 is 0. The monoisotopic (exact) mass is 433 g/mol. The molecular formula is C24H39N3O4. The van der Waals surface area contributed by atoms with Crippen LogP contribution in [-0.4, -0.2) is 47.5 Å². The number of carbonyl (C=O) groups is 3. The van der Waals surface area contributed by atoms with Crippen LogP contribution in [0.3, 0.4) is 0 Å². The summed E-state index contributed by atoms with van der Waals surface area (Å²) in [6, 6.07) is 6.01. The van der Waals surface area contributed by atoms with Gasteiger partial charge in [0.15, 0.2) is 0 Å². The third-order valence-electron chi connectivity index (χ3n) is 4.63. The SMILES string of the molecule is CCCCNC(=O)C(c1ccc(C)cc1)N(CCC)C(=O)C(C)NC(=O)OC(C)(C)C. The Kier molecular flexibility index (Phi) is 10.5. The molecule has 0 aliphatic rings. The number of hydrogen-bond acceptors (Lipinski definition) is 4. The van der Waals surface area contributed by atoms with E-state index in [9.17, 15) is 14.4 Å². The van der Waals surface area contributed by atoms with Gasteiger partial charge in [-0.25, -0.2) is 4.79 Å². The number of carbonyl (C=O) groups excluding carboxylic acids is 3. The van der Waals surface area contributed by atoms with Crippen LogP contribution >= 0.6 is 0 Å². The minimum Gasteiger partial charge on any atom is -0.444 e. The molecule has 0 aromatic heterocycles. The predicted molar refractivity (Wildman–Crippen MR) is 123 cm³/mol. The van der Waals surface area contributed by atoms with Crippen LogP contribution in [-0.2, 0) is 14.3 Å². The summed E-state index contributed by atoms with van der Waals surface area (Å²) in [5.41, 5.74) is 1.15. The molecule has 2 atom stereocenters. The van der Waals surface area contributed by atoms with Crippen LogP contribution in [0.2, 0.25) is 0 Å². The lowest BCUT2D eigenvalue weighted by molar-refractivity contribution is -0.142. The number of ether oxygens (including phenoxy) is 1. The molecule has 2 unspecified atom stereocenters. The van der Waals surface area contributed by atoms with E-state index in [1.807, 2.05) is 38.1 Å². The Morgan fingerprint density at radius 2 is 1.68 bits per heavy atom. The number of nitrogens with zero attached hydrogens (tertiary/aromatic N) is 1. The van der Waals surface area contributed by atoms with Gasteiger partial charge in [0.1, 0.15) is 17.7 Å². The van der Waals surface area contributed by atoms with Crippen LogP contribution in [0, 0.1) is 6.92 Å². The molecule has 0 fully saturated rings. The zero-order chi connectivity index (χ0) is 23.6. The molecule has 2 N–H and O–H groups in total. The van der Waals surface area contributed by atoms with Gasteiger partial charge in [0.2, 0.25) is 11.8 Å². The van der Waals surface area contributed by atoms with E-state index in [2.05, 4.69) is 17.6 Å². The van der Waals surface area contributed by atoms with E-state index in [4.69, 9.17) is 4.74 Å². The normalized spacial score (nSPS) is 13.1. The van der Waals surface area contributed by atoms with Gasteiger partial charge >= 0.3 is 6.09 Å². The molecular weight excluding hydrogens is 394 g/mol. The van der Waals surface area contributed by atoms with E-state index >= 15 is 0 Å². The molecule has 0 radical (unpaired) electrons. The van der Waals surface area contributed by atoms with Crippen LogP contribution in [0.5, 0.6) is 0 Å². The number of aryl methyl sites for hydroxylation is 1. The Hall–Kier alpha value is -2.57. The predicted octanol–water partition coefficient (Wildman–Crippen LogP) is 4.10. The maximum absolute atomic E-state index is 13.3. The quantitative estimate of drug-likeness (QED) is 0.544. The molecule has 0 bridgehead atoms. The van der Waals surface area contributed by atoms with Crippen molar-refractivity contribution in [3.8, 4) is 0 Å². The molecule has 0 heterocycles. The van der Waals surface area contributed by atoms with Crippen LogP contribution in [0.25, 0.3) is 0 Å². The number of amides is 3. The molecule has 7 heteroatoms. The molecule has 1 aromatic carbocycles. The largest absolute Gasteiger partial charge is 0.444 e. The smallest absolute Gasteiger partial charge is 0.408 e. The van der Waals surface area contributed by atoms with Crippen molar-refractivity contribution >= 4 is 17.9 Å². The zero-order valence-corrected chi connectivity index (χ0v) is 20.1. The van der Waals surface area contributed by atoms with E-state index in [-0.39, 0.29) is 11.8 Å². The molecule has 1 rings (SSSR count).